The zero-order valence-electron chi connectivity index (χ0n) is 11.9. The first-order valence-corrected chi connectivity index (χ1v) is 6.93. The highest BCUT2D eigenvalue weighted by molar-refractivity contribution is 5.80. The fourth-order valence-corrected chi connectivity index (χ4v) is 2.00. The molecule has 2 rings (SSSR count). The Hall–Kier alpha value is -2.48. The van der Waals surface area contributed by atoms with E-state index >= 15 is 0 Å². The van der Waals surface area contributed by atoms with Crippen molar-refractivity contribution >= 4 is 17.8 Å². The first-order valence-electron chi connectivity index (χ1n) is 6.93. The minimum absolute atomic E-state index is 0.0294. The Labute approximate surface area is 127 Å². The summed E-state index contributed by atoms with van der Waals surface area (Å²) in [4.78, 5) is 26.5. The number of rotatable bonds is 7. The van der Waals surface area contributed by atoms with Gasteiger partial charge in [-0.1, -0.05) is 17.3 Å². The molecular weight excluding hydrogens is 290 g/mol. The number of hydrogen-bond donors (Lipinski definition) is 1. The van der Waals surface area contributed by atoms with Gasteiger partial charge in [-0.25, -0.2) is 0 Å². The fourth-order valence-electron chi connectivity index (χ4n) is 2.00. The molecule has 0 radical (unpaired) electrons. The third-order valence-electron chi connectivity index (χ3n) is 3.10. The average molecular weight is 307 g/mol. The lowest BCUT2D eigenvalue weighted by molar-refractivity contribution is -0.384. The molecule has 1 fully saturated rings. The van der Waals surface area contributed by atoms with Crippen molar-refractivity contribution in [3.05, 3.63) is 39.9 Å². The molecule has 8 nitrogen and oxygen atoms in total. The maximum Gasteiger partial charge on any atom is 0.270 e. The van der Waals surface area contributed by atoms with Crippen molar-refractivity contribution in [3.8, 4) is 0 Å². The highest BCUT2D eigenvalue weighted by atomic mass is 16.6. The molecule has 1 heterocycles. The number of non-ortho nitro benzene ring substituents is 1. The van der Waals surface area contributed by atoms with Crippen molar-refractivity contribution in [1.82, 2.24) is 5.32 Å². The van der Waals surface area contributed by atoms with Gasteiger partial charge in [-0.05, 0) is 12.8 Å². The number of ether oxygens (including phenoxy) is 1. The van der Waals surface area contributed by atoms with Crippen molar-refractivity contribution in [2.45, 2.75) is 18.9 Å². The summed E-state index contributed by atoms with van der Waals surface area (Å²) < 4.78 is 5.38. The molecule has 1 unspecified atom stereocenters. The largest absolute Gasteiger partial charge is 0.386 e. The van der Waals surface area contributed by atoms with Gasteiger partial charge in [0.2, 0.25) is 0 Å². The number of carbonyl (C=O) groups excluding carboxylic acids is 1. The number of carbonyl (C=O) groups is 1. The van der Waals surface area contributed by atoms with E-state index in [9.17, 15) is 14.9 Å². The smallest absolute Gasteiger partial charge is 0.270 e. The van der Waals surface area contributed by atoms with Crippen molar-refractivity contribution in [1.29, 1.82) is 0 Å². The van der Waals surface area contributed by atoms with Crippen LogP contribution in [0, 0.1) is 10.1 Å². The second-order valence-electron chi connectivity index (χ2n) is 4.80. The summed E-state index contributed by atoms with van der Waals surface area (Å²) in [6.07, 6.45) is 3.37. The number of nitrogens with zero attached hydrogens (tertiary/aromatic N) is 2. The summed E-state index contributed by atoms with van der Waals surface area (Å²) in [5, 5.41) is 16.9. The molecule has 1 amide bonds. The number of hydrogen-bond acceptors (Lipinski definition) is 6. The molecule has 0 aliphatic carbocycles. The molecule has 0 bridgehead atoms. The quantitative estimate of drug-likeness (QED) is 0.464. The molecule has 8 heteroatoms. The van der Waals surface area contributed by atoms with E-state index in [1.165, 1.54) is 18.3 Å². The van der Waals surface area contributed by atoms with Crippen LogP contribution in [-0.4, -0.2) is 42.9 Å². The summed E-state index contributed by atoms with van der Waals surface area (Å²) in [7, 11) is 0. The van der Waals surface area contributed by atoms with E-state index in [1.807, 2.05) is 0 Å². The summed E-state index contributed by atoms with van der Waals surface area (Å²) >= 11 is 0. The van der Waals surface area contributed by atoms with Gasteiger partial charge in [-0.3, -0.25) is 14.9 Å². The maximum atomic E-state index is 11.5. The topological polar surface area (TPSA) is 103 Å². The molecule has 1 atom stereocenters. The van der Waals surface area contributed by atoms with E-state index in [2.05, 4.69) is 10.5 Å². The zero-order valence-corrected chi connectivity index (χ0v) is 11.9. The van der Waals surface area contributed by atoms with Crippen LogP contribution in [0.2, 0.25) is 0 Å². The number of oxime groups is 1. The Morgan fingerprint density at radius 2 is 2.45 bits per heavy atom. The number of nitro groups is 1. The molecule has 1 aliphatic rings. The summed E-state index contributed by atoms with van der Waals surface area (Å²) in [6, 6.07) is 5.95. The van der Waals surface area contributed by atoms with Crippen LogP contribution in [0.3, 0.4) is 0 Å². The van der Waals surface area contributed by atoms with E-state index in [-0.39, 0.29) is 24.3 Å². The number of benzene rings is 1. The molecule has 1 aromatic carbocycles. The Bertz CT molecular complexity index is 555. The molecular formula is C14H17N3O5. The molecule has 118 valence electrons. The number of nitrogens with one attached hydrogen (secondary N) is 1. The third-order valence-corrected chi connectivity index (χ3v) is 3.10. The Balaban J connectivity index is 1.69. The van der Waals surface area contributed by atoms with E-state index in [0.717, 1.165) is 19.4 Å². The molecule has 1 aliphatic heterocycles. The lowest BCUT2D eigenvalue weighted by atomic mass is 10.2. The van der Waals surface area contributed by atoms with Crippen LogP contribution in [0.1, 0.15) is 18.4 Å². The molecule has 1 aromatic rings. The van der Waals surface area contributed by atoms with Crippen LogP contribution < -0.4 is 5.32 Å². The predicted octanol–water partition coefficient (Wildman–Crippen LogP) is 1.24. The standard InChI is InChI=1S/C14H17N3O5/c18-14(15-9-13-5-2-6-21-13)10-22-16-8-11-3-1-4-12(7-11)17(19)20/h1,3-4,7-8,13H,2,5-6,9-10H2,(H,15,18). The third kappa shape index (κ3) is 5.13. The summed E-state index contributed by atoms with van der Waals surface area (Å²) in [5.74, 6) is -0.285. The molecule has 1 saturated heterocycles. The lowest BCUT2D eigenvalue weighted by Gasteiger charge is -2.09. The van der Waals surface area contributed by atoms with Crippen LogP contribution in [0.25, 0.3) is 0 Å². The van der Waals surface area contributed by atoms with Crippen molar-refractivity contribution in [2.24, 2.45) is 5.16 Å². The van der Waals surface area contributed by atoms with Gasteiger partial charge in [-0.15, -0.1) is 0 Å². The van der Waals surface area contributed by atoms with Crippen molar-refractivity contribution < 1.29 is 19.3 Å². The monoisotopic (exact) mass is 307 g/mol. The van der Waals surface area contributed by atoms with Gasteiger partial charge in [0.05, 0.1) is 17.2 Å². The van der Waals surface area contributed by atoms with Crippen LogP contribution in [0.15, 0.2) is 29.4 Å². The van der Waals surface area contributed by atoms with Crippen LogP contribution in [0.4, 0.5) is 5.69 Å². The van der Waals surface area contributed by atoms with Crippen LogP contribution in [-0.2, 0) is 14.4 Å². The average Bonchev–Trinajstić information content (AvgIpc) is 3.03. The normalized spacial score (nSPS) is 17.5. The minimum Gasteiger partial charge on any atom is -0.386 e. The van der Waals surface area contributed by atoms with Gasteiger partial charge in [0.15, 0.2) is 6.61 Å². The SMILES string of the molecule is O=C(CON=Cc1cccc([N+](=O)[O-])c1)NCC1CCCO1. The van der Waals surface area contributed by atoms with Gasteiger partial charge in [-0.2, -0.15) is 0 Å². The van der Waals surface area contributed by atoms with Crippen molar-refractivity contribution in [2.75, 3.05) is 19.8 Å². The van der Waals surface area contributed by atoms with Gasteiger partial charge < -0.3 is 14.9 Å². The van der Waals surface area contributed by atoms with E-state index in [1.54, 1.807) is 12.1 Å². The van der Waals surface area contributed by atoms with E-state index in [4.69, 9.17) is 9.57 Å². The van der Waals surface area contributed by atoms with Gasteiger partial charge in [0, 0.05) is 30.8 Å². The highest BCUT2D eigenvalue weighted by Crippen LogP contribution is 2.11. The lowest BCUT2D eigenvalue weighted by Crippen LogP contribution is -2.33. The molecule has 1 N–H and O–H groups in total. The minimum atomic E-state index is -0.489. The Morgan fingerprint density at radius 1 is 1.59 bits per heavy atom. The maximum absolute atomic E-state index is 11.5. The first-order chi connectivity index (χ1) is 10.6. The second kappa shape index (κ2) is 8.08. The van der Waals surface area contributed by atoms with Gasteiger partial charge in [0.1, 0.15) is 0 Å². The van der Waals surface area contributed by atoms with Crippen molar-refractivity contribution in [3.63, 3.8) is 0 Å². The summed E-state index contributed by atoms with van der Waals surface area (Å²) in [6.45, 7) is 0.999. The number of amides is 1. The Kier molecular flexibility index (Phi) is 5.84. The van der Waals surface area contributed by atoms with Crippen LogP contribution in [0.5, 0.6) is 0 Å². The van der Waals surface area contributed by atoms with Crippen LogP contribution >= 0.6 is 0 Å². The fraction of sp³-hybridized carbons (Fsp3) is 0.429. The van der Waals surface area contributed by atoms with Gasteiger partial charge in [0.25, 0.3) is 11.6 Å². The first kappa shape index (κ1) is 15.9. The molecule has 22 heavy (non-hydrogen) atoms. The van der Waals surface area contributed by atoms with Gasteiger partial charge >= 0.3 is 0 Å². The van der Waals surface area contributed by atoms with E-state index in [0.29, 0.717) is 12.1 Å². The second-order valence-corrected chi connectivity index (χ2v) is 4.80. The molecule has 0 spiro atoms. The highest BCUT2D eigenvalue weighted by Gasteiger charge is 2.16. The number of nitro benzene ring substituents is 1. The molecule has 0 saturated carbocycles. The predicted molar refractivity (Wildman–Crippen MR) is 78.6 cm³/mol. The van der Waals surface area contributed by atoms with E-state index < -0.39 is 4.92 Å². The molecule has 0 aromatic heterocycles. The zero-order chi connectivity index (χ0) is 15.8. The summed E-state index contributed by atoms with van der Waals surface area (Å²) in [5.41, 5.74) is 0.493. The Morgan fingerprint density at radius 3 is 3.18 bits per heavy atom.